The van der Waals surface area contributed by atoms with Crippen molar-refractivity contribution < 1.29 is 14.3 Å². The fourth-order valence-electron chi connectivity index (χ4n) is 2.51. The fraction of sp³-hybridized carbons (Fsp3) is 0.143. The van der Waals surface area contributed by atoms with Crippen LogP contribution in [0.4, 0.5) is 0 Å². The number of ether oxygens (including phenoxy) is 1. The fourth-order valence-corrected chi connectivity index (χ4v) is 3.25. The van der Waals surface area contributed by atoms with Crippen LogP contribution < -0.4 is 5.32 Å². The number of carbonyl (C=O) groups excluding carboxylic acids is 2. The predicted octanol–water partition coefficient (Wildman–Crippen LogP) is 3.58. The number of nitrogens with zero attached hydrogens (tertiary/aromatic N) is 2. The van der Waals surface area contributed by atoms with Crippen molar-refractivity contribution >= 4 is 35.0 Å². The average Bonchev–Trinajstić information content (AvgIpc) is 3.03. The van der Waals surface area contributed by atoms with Crippen molar-refractivity contribution in [2.75, 3.05) is 7.11 Å². The first-order valence-electron chi connectivity index (χ1n) is 8.54. The van der Waals surface area contributed by atoms with Crippen LogP contribution in [0.5, 0.6) is 0 Å². The van der Waals surface area contributed by atoms with Gasteiger partial charge in [-0.2, -0.15) is 5.10 Å². The highest BCUT2D eigenvalue weighted by molar-refractivity contribution is 8.18. The van der Waals surface area contributed by atoms with Gasteiger partial charge in [0.15, 0.2) is 5.17 Å². The number of carbonyl (C=O) groups is 2. The van der Waals surface area contributed by atoms with E-state index in [9.17, 15) is 9.59 Å². The molecule has 6 nitrogen and oxygen atoms in total. The molecule has 0 radical (unpaired) electrons. The van der Waals surface area contributed by atoms with Crippen molar-refractivity contribution in [2.24, 2.45) is 10.2 Å². The second-order valence-electron chi connectivity index (χ2n) is 6.16. The van der Waals surface area contributed by atoms with Gasteiger partial charge in [0.05, 0.1) is 18.2 Å². The van der Waals surface area contributed by atoms with Gasteiger partial charge in [0, 0.05) is 6.08 Å². The van der Waals surface area contributed by atoms with Gasteiger partial charge in [0.25, 0.3) is 5.91 Å². The van der Waals surface area contributed by atoms with Crippen molar-refractivity contribution in [1.82, 2.24) is 5.32 Å². The van der Waals surface area contributed by atoms with Crippen molar-refractivity contribution in [3.8, 4) is 11.1 Å². The SMILES string of the molecule is COC(=O)/C=C1/S/C(=N\N=Cc2cccc(-c3ccc(C)c(C)c3)c2)NC1=O. The molecule has 1 heterocycles. The summed E-state index contributed by atoms with van der Waals surface area (Å²) in [5.74, 6) is -0.994. The van der Waals surface area contributed by atoms with E-state index in [2.05, 4.69) is 52.3 Å². The maximum atomic E-state index is 11.8. The number of thioether (sulfide) groups is 1. The smallest absolute Gasteiger partial charge is 0.331 e. The number of nitrogens with one attached hydrogen (secondary N) is 1. The zero-order valence-electron chi connectivity index (χ0n) is 15.7. The molecule has 28 heavy (non-hydrogen) atoms. The molecule has 1 amide bonds. The largest absolute Gasteiger partial charge is 0.466 e. The summed E-state index contributed by atoms with van der Waals surface area (Å²) in [4.78, 5) is 23.2. The first-order chi connectivity index (χ1) is 13.5. The molecule has 7 heteroatoms. The summed E-state index contributed by atoms with van der Waals surface area (Å²) >= 11 is 1.04. The van der Waals surface area contributed by atoms with Crippen LogP contribution in [0.3, 0.4) is 0 Å². The van der Waals surface area contributed by atoms with E-state index in [0.29, 0.717) is 5.17 Å². The number of hydrogen-bond donors (Lipinski definition) is 1. The van der Waals surface area contributed by atoms with Crippen LogP contribution in [-0.2, 0) is 14.3 Å². The highest BCUT2D eigenvalue weighted by atomic mass is 32.2. The maximum absolute atomic E-state index is 11.8. The molecule has 0 aromatic heterocycles. The molecule has 142 valence electrons. The molecular formula is C21H19N3O3S. The van der Waals surface area contributed by atoms with Crippen LogP contribution in [0.1, 0.15) is 16.7 Å². The van der Waals surface area contributed by atoms with Gasteiger partial charge in [-0.05, 0) is 59.5 Å². The number of aryl methyl sites for hydroxylation is 2. The summed E-state index contributed by atoms with van der Waals surface area (Å²) in [5, 5.41) is 10.9. The number of methoxy groups -OCH3 is 1. The second kappa shape index (κ2) is 8.67. The second-order valence-corrected chi connectivity index (χ2v) is 7.19. The van der Waals surface area contributed by atoms with Gasteiger partial charge in [-0.15, -0.1) is 5.10 Å². The minimum Gasteiger partial charge on any atom is -0.466 e. The quantitative estimate of drug-likeness (QED) is 0.373. The van der Waals surface area contributed by atoms with Gasteiger partial charge in [-0.25, -0.2) is 4.79 Å². The molecule has 3 rings (SSSR count). The summed E-state index contributed by atoms with van der Waals surface area (Å²) < 4.78 is 4.52. The van der Waals surface area contributed by atoms with Crippen LogP contribution in [0, 0.1) is 13.8 Å². The molecule has 1 aliphatic heterocycles. The molecule has 1 N–H and O–H groups in total. The molecule has 0 spiro atoms. The normalized spacial score (nSPS) is 16.8. The van der Waals surface area contributed by atoms with E-state index in [1.165, 1.54) is 18.2 Å². The Hall–Kier alpha value is -3.19. The molecule has 1 fully saturated rings. The van der Waals surface area contributed by atoms with E-state index >= 15 is 0 Å². The summed E-state index contributed by atoms with van der Waals surface area (Å²) in [6.45, 7) is 4.18. The van der Waals surface area contributed by atoms with Crippen LogP contribution in [0.2, 0.25) is 0 Å². The summed E-state index contributed by atoms with van der Waals surface area (Å²) in [6, 6.07) is 14.3. The highest BCUT2D eigenvalue weighted by Gasteiger charge is 2.24. The number of rotatable bonds is 4. The van der Waals surface area contributed by atoms with E-state index in [-0.39, 0.29) is 4.91 Å². The molecule has 1 aliphatic rings. The van der Waals surface area contributed by atoms with Crippen molar-refractivity contribution in [2.45, 2.75) is 13.8 Å². The molecule has 0 aliphatic carbocycles. The minimum absolute atomic E-state index is 0.220. The lowest BCUT2D eigenvalue weighted by Crippen LogP contribution is -2.19. The van der Waals surface area contributed by atoms with E-state index in [0.717, 1.165) is 34.5 Å². The van der Waals surface area contributed by atoms with Gasteiger partial charge < -0.3 is 4.74 Å². The molecule has 2 aromatic carbocycles. The lowest BCUT2D eigenvalue weighted by Gasteiger charge is -2.06. The van der Waals surface area contributed by atoms with Gasteiger partial charge >= 0.3 is 5.97 Å². The first kappa shape index (κ1) is 19.6. The van der Waals surface area contributed by atoms with Crippen LogP contribution in [-0.4, -0.2) is 30.4 Å². The maximum Gasteiger partial charge on any atom is 0.331 e. The summed E-state index contributed by atoms with van der Waals surface area (Å²) in [6.07, 6.45) is 2.74. The first-order valence-corrected chi connectivity index (χ1v) is 9.35. The molecule has 1 saturated heterocycles. The van der Waals surface area contributed by atoms with Gasteiger partial charge in [-0.1, -0.05) is 36.4 Å². The molecule has 0 atom stereocenters. The Morgan fingerprint density at radius 2 is 1.89 bits per heavy atom. The van der Waals surface area contributed by atoms with E-state index in [1.54, 1.807) is 6.21 Å². The third-order valence-corrected chi connectivity index (χ3v) is 5.08. The average molecular weight is 393 g/mol. The summed E-state index contributed by atoms with van der Waals surface area (Å²) in [5.41, 5.74) is 5.62. The minimum atomic E-state index is -0.592. The Balaban J connectivity index is 1.74. The van der Waals surface area contributed by atoms with E-state index in [4.69, 9.17) is 0 Å². The number of hydrogen-bond acceptors (Lipinski definition) is 6. The Kier molecular flexibility index (Phi) is 6.06. The van der Waals surface area contributed by atoms with Crippen molar-refractivity contribution in [1.29, 1.82) is 0 Å². The Bertz CT molecular complexity index is 1030. The molecule has 0 unspecified atom stereocenters. The molecule has 0 saturated carbocycles. The van der Waals surface area contributed by atoms with Crippen molar-refractivity contribution in [3.05, 3.63) is 70.1 Å². The molecular weight excluding hydrogens is 374 g/mol. The highest BCUT2D eigenvalue weighted by Crippen LogP contribution is 2.24. The topological polar surface area (TPSA) is 80.1 Å². The van der Waals surface area contributed by atoms with Gasteiger partial charge in [-0.3, -0.25) is 10.1 Å². The lowest BCUT2D eigenvalue weighted by molar-refractivity contribution is -0.135. The van der Waals surface area contributed by atoms with Gasteiger partial charge in [0.2, 0.25) is 0 Å². The zero-order chi connectivity index (χ0) is 20.1. The number of benzene rings is 2. The lowest BCUT2D eigenvalue weighted by atomic mass is 9.99. The predicted molar refractivity (Wildman–Crippen MR) is 112 cm³/mol. The monoisotopic (exact) mass is 393 g/mol. The number of esters is 1. The van der Waals surface area contributed by atoms with Crippen LogP contribution in [0.15, 0.2) is 63.6 Å². The van der Waals surface area contributed by atoms with Gasteiger partial charge in [0.1, 0.15) is 0 Å². The Morgan fingerprint density at radius 3 is 2.64 bits per heavy atom. The Labute approximate surface area is 167 Å². The summed E-state index contributed by atoms with van der Waals surface area (Å²) in [7, 11) is 1.25. The Morgan fingerprint density at radius 1 is 1.11 bits per heavy atom. The third kappa shape index (κ3) is 4.75. The third-order valence-electron chi connectivity index (χ3n) is 4.18. The zero-order valence-corrected chi connectivity index (χ0v) is 16.5. The molecule has 0 bridgehead atoms. The van der Waals surface area contributed by atoms with Crippen LogP contribution >= 0.6 is 11.8 Å². The van der Waals surface area contributed by atoms with E-state index in [1.807, 2.05) is 24.3 Å². The van der Waals surface area contributed by atoms with Crippen molar-refractivity contribution in [3.63, 3.8) is 0 Å². The number of amidine groups is 1. The number of amides is 1. The van der Waals surface area contributed by atoms with Crippen LogP contribution in [0.25, 0.3) is 11.1 Å². The standard InChI is InChI=1S/C21H19N3O3S/c1-13-7-8-17(9-14(13)2)16-6-4-5-15(10-16)12-22-24-21-23-20(26)18(28-21)11-19(25)27-3/h4-12H,1-3H3,(H,23,24,26)/b18-11+,22-12?. The van der Waals surface area contributed by atoms with E-state index < -0.39 is 11.9 Å². The molecule has 2 aromatic rings.